The molecule has 0 aliphatic carbocycles. The van der Waals surface area contributed by atoms with Crippen molar-refractivity contribution < 1.29 is 9.84 Å². The van der Waals surface area contributed by atoms with Crippen LogP contribution in [0.4, 0.5) is 0 Å². The zero-order chi connectivity index (χ0) is 10.6. The Kier molecular flexibility index (Phi) is 3.55. The van der Waals surface area contributed by atoms with Gasteiger partial charge in [-0.25, -0.2) is 0 Å². The molecule has 1 unspecified atom stereocenters. The van der Waals surface area contributed by atoms with Crippen LogP contribution in [0.2, 0.25) is 0 Å². The van der Waals surface area contributed by atoms with E-state index in [0.29, 0.717) is 5.69 Å². The predicted molar refractivity (Wildman–Crippen MR) is 52.7 cm³/mol. The summed E-state index contributed by atoms with van der Waals surface area (Å²) >= 11 is 0. The Morgan fingerprint density at radius 2 is 2.14 bits per heavy atom. The lowest BCUT2D eigenvalue weighted by Crippen LogP contribution is -2.23. The number of ether oxygens (including phenoxy) is 1. The minimum Gasteiger partial charge on any atom is -0.384 e. The molecule has 0 aliphatic heterocycles. The number of aliphatic hydroxyl groups is 1. The molecule has 1 N–H and O–H groups in total. The number of rotatable bonds is 3. The Bertz CT molecular complexity index is 269. The van der Waals surface area contributed by atoms with E-state index in [1.165, 1.54) is 6.20 Å². The van der Waals surface area contributed by atoms with E-state index in [-0.39, 0.29) is 12.2 Å². The Morgan fingerprint density at radius 3 is 2.64 bits per heavy atom. The Balaban J connectivity index is 2.48. The third kappa shape index (κ3) is 3.81. The highest BCUT2D eigenvalue weighted by Crippen LogP contribution is 2.13. The summed E-state index contributed by atoms with van der Waals surface area (Å²) in [5, 5.41) is 9.66. The molecule has 1 aromatic heterocycles. The maximum atomic E-state index is 9.66. The summed E-state index contributed by atoms with van der Waals surface area (Å²) in [7, 11) is 0. The Morgan fingerprint density at radius 1 is 1.43 bits per heavy atom. The summed E-state index contributed by atoms with van der Waals surface area (Å²) in [4.78, 5) is 7.86. The molecule has 0 spiro atoms. The average molecular weight is 196 g/mol. The molecule has 1 atom stereocenters. The van der Waals surface area contributed by atoms with Gasteiger partial charge in [0.25, 0.3) is 0 Å². The molecule has 0 saturated heterocycles. The van der Waals surface area contributed by atoms with Gasteiger partial charge in [-0.3, -0.25) is 9.97 Å². The summed E-state index contributed by atoms with van der Waals surface area (Å²) in [6.07, 6.45) is 3.95. The normalized spacial score (nSPS) is 14.0. The number of hydrogen-bond donors (Lipinski definition) is 1. The van der Waals surface area contributed by atoms with Crippen LogP contribution in [0.25, 0.3) is 0 Å². The van der Waals surface area contributed by atoms with Crippen molar-refractivity contribution in [2.24, 2.45) is 0 Å². The van der Waals surface area contributed by atoms with E-state index in [1.807, 2.05) is 20.8 Å². The smallest absolute Gasteiger partial charge is 0.121 e. The summed E-state index contributed by atoms with van der Waals surface area (Å²) < 4.78 is 5.43. The third-order valence-electron chi connectivity index (χ3n) is 1.60. The first kappa shape index (κ1) is 11.1. The highest BCUT2D eigenvalue weighted by atomic mass is 16.5. The van der Waals surface area contributed by atoms with E-state index in [2.05, 4.69) is 9.97 Å². The van der Waals surface area contributed by atoms with Gasteiger partial charge in [0.1, 0.15) is 6.10 Å². The van der Waals surface area contributed by atoms with Gasteiger partial charge >= 0.3 is 0 Å². The van der Waals surface area contributed by atoms with Crippen LogP contribution in [0.15, 0.2) is 18.6 Å². The van der Waals surface area contributed by atoms with Crippen molar-refractivity contribution in [3.8, 4) is 0 Å². The first-order valence-electron chi connectivity index (χ1n) is 4.57. The van der Waals surface area contributed by atoms with Crippen molar-refractivity contribution in [3.05, 3.63) is 24.3 Å². The molecule has 0 bridgehead atoms. The minimum absolute atomic E-state index is 0.238. The molecule has 78 valence electrons. The quantitative estimate of drug-likeness (QED) is 0.792. The van der Waals surface area contributed by atoms with Gasteiger partial charge in [-0.2, -0.15) is 0 Å². The van der Waals surface area contributed by atoms with Crippen LogP contribution in [0.3, 0.4) is 0 Å². The van der Waals surface area contributed by atoms with Crippen molar-refractivity contribution in [1.29, 1.82) is 0 Å². The lowest BCUT2D eigenvalue weighted by atomic mass is 10.2. The summed E-state index contributed by atoms with van der Waals surface area (Å²) in [6, 6.07) is 0. The fourth-order valence-corrected chi connectivity index (χ4v) is 0.897. The lowest BCUT2D eigenvalue weighted by molar-refractivity contribution is -0.0507. The number of aliphatic hydroxyl groups excluding tert-OH is 1. The van der Waals surface area contributed by atoms with Gasteiger partial charge in [-0.1, -0.05) is 0 Å². The fraction of sp³-hybridized carbons (Fsp3) is 0.600. The summed E-state index contributed by atoms with van der Waals surface area (Å²) in [5.41, 5.74) is 0.292. The molecular weight excluding hydrogens is 180 g/mol. The second kappa shape index (κ2) is 4.48. The lowest BCUT2D eigenvalue weighted by Gasteiger charge is -2.21. The Labute approximate surface area is 84.0 Å². The Hall–Kier alpha value is -1.00. The molecule has 0 fully saturated rings. The van der Waals surface area contributed by atoms with Crippen molar-refractivity contribution in [2.45, 2.75) is 32.5 Å². The van der Waals surface area contributed by atoms with Crippen molar-refractivity contribution in [2.75, 3.05) is 6.61 Å². The molecule has 0 aliphatic rings. The van der Waals surface area contributed by atoms with E-state index >= 15 is 0 Å². The average Bonchev–Trinajstić information content (AvgIpc) is 2.14. The monoisotopic (exact) mass is 196 g/mol. The second-order valence-corrected chi connectivity index (χ2v) is 4.07. The van der Waals surface area contributed by atoms with E-state index in [9.17, 15) is 5.11 Å². The maximum Gasteiger partial charge on any atom is 0.121 e. The van der Waals surface area contributed by atoms with E-state index < -0.39 is 6.10 Å². The number of aromatic nitrogens is 2. The zero-order valence-corrected chi connectivity index (χ0v) is 8.77. The molecule has 4 nitrogen and oxygen atoms in total. The molecule has 1 heterocycles. The highest BCUT2D eigenvalue weighted by Gasteiger charge is 2.15. The molecule has 0 saturated carbocycles. The number of hydrogen-bond acceptors (Lipinski definition) is 4. The third-order valence-corrected chi connectivity index (χ3v) is 1.60. The highest BCUT2D eigenvalue weighted by molar-refractivity contribution is 4.98. The molecular formula is C10H16N2O2. The van der Waals surface area contributed by atoms with Gasteiger partial charge < -0.3 is 9.84 Å². The molecule has 0 radical (unpaired) electrons. The molecule has 0 amide bonds. The predicted octanol–water partition coefficient (Wildman–Crippen LogP) is 1.33. The van der Waals surface area contributed by atoms with Crippen LogP contribution < -0.4 is 0 Å². The van der Waals surface area contributed by atoms with Gasteiger partial charge in [-0.05, 0) is 20.8 Å². The molecule has 0 aromatic carbocycles. The van der Waals surface area contributed by atoms with Gasteiger partial charge in [0, 0.05) is 12.4 Å². The first-order valence-corrected chi connectivity index (χ1v) is 4.57. The molecule has 1 rings (SSSR count). The van der Waals surface area contributed by atoms with Gasteiger partial charge in [0.2, 0.25) is 0 Å². The largest absolute Gasteiger partial charge is 0.384 e. The van der Waals surface area contributed by atoms with Crippen LogP contribution >= 0.6 is 0 Å². The number of nitrogens with zero attached hydrogens (tertiary/aromatic N) is 2. The fourth-order valence-electron chi connectivity index (χ4n) is 0.897. The standard InChI is InChI=1S/C10H16N2O2/c1-10(2,3)14-7-9(13)8-6-11-4-5-12-8/h4-6,9,13H,7H2,1-3H3. The van der Waals surface area contributed by atoms with Crippen LogP contribution in [-0.4, -0.2) is 27.3 Å². The molecule has 4 heteroatoms. The second-order valence-electron chi connectivity index (χ2n) is 4.07. The van der Waals surface area contributed by atoms with Gasteiger partial charge in [0.05, 0.1) is 24.1 Å². The van der Waals surface area contributed by atoms with Crippen LogP contribution in [-0.2, 0) is 4.74 Å². The van der Waals surface area contributed by atoms with E-state index in [4.69, 9.17) is 4.74 Å². The zero-order valence-electron chi connectivity index (χ0n) is 8.77. The van der Waals surface area contributed by atoms with Crippen LogP contribution in [0, 0.1) is 0 Å². The van der Waals surface area contributed by atoms with Gasteiger partial charge in [-0.15, -0.1) is 0 Å². The first-order chi connectivity index (χ1) is 6.49. The summed E-state index contributed by atoms with van der Waals surface area (Å²) in [5.74, 6) is 0. The van der Waals surface area contributed by atoms with Crippen LogP contribution in [0.5, 0.6) is 0 Å². The minimum atomic E-state index is -0.706. The van der Waals surface area contributed by atoms with E-state index in [0.717, 1.165) is 0 Å². The van der Waals surface area contributed by atoms with Crippen molar-refractivity contribution >= 4 is 0 Å². The van der Waals surface area contributed by atoms with Crippen LogP contribution in [0.1, 0.15) is 32.6 Å². The molecule has 1 aromatic rings. The van der Waals surface area contributed by atoms with Crippen molar-refractivity contribution in [3.63, 3.8) is 0 Å². The summed E-state index contributed by atoms with van der Waals surface area (Å²) in [6.45, 7) is 6.06. The maximum absolute atomic E-state index is 9.66. The van der Waals surface area contributed by atoms with Gasteiger partial charge in [0.15, 0.2) is 0 Å². The topological polar surface area (TPSA) is 55.2 Å². The molecule has 14 heavy (non-hydrogen) atoms. The van der Waals surface area contributed by atoms with Crippen molar-refractivity contribution in [1.82, 2.24) is 9.97 Å². The van der Waals surface area contributed by atoms with E-state index in [1.54, 1.807) is 12.4 Å². The SMILES string of the molecule is CC(C)(C)OCC(O)c1cnccn1.